The third-order valence-electron chi connectivity index (χ3n) is 5.35. The summed E-state index contributed by atoms with van der Waals surface area (Å²) in [6, 6.07) is -1.03. The van der Waals surface area contributed by atoms with Crippen LogP contribution in [-0.4, -0.2) is 91.6 Å². The van der Waals surface area contributed by atoms with Gasteiger partial charge in [-0.2, -0.15) is 0 Å². The highest BCUT2D eigenvalue weighted by molar-refractivity contribution is 8.00. The van der Waals surface area contributed by atoms with Gasteiger partial charge in [-0.3, -0.25) is 14.5 Å². The molecule has 2 atom stereocenters. The summed E-state index contributed by atoms with van der Waals surface area (Å²) in [7, 11) is 0. The van der Waals surface area contributed by atoms with E-state index in [0.29, 0.717) is 18.7 Å². The van der Waals surface area contributed by atoms with Gasteiger partial charge in [-0.15, -0.1) is 23.1 Å². The number of aliphatic carboxylic acids is 1. The van der Waals surface area contributed by atoms with Crippen LogP contribution in [0, 0.1) is 0 Å². The van der Waals surface area contributed by atoms with E-state index in [1.807, 2.05) is 0 Å². The Kier molecular flexibility index (Phi) is 6.42. The molecule has 33 heavy (non-hydrogen) atoms. The Bertz CT molecular complexity index is 1060. The number of oxime groups is 1. The van der Waals surface area contributed by atoms with Crippen LogP contribution in [0.1, 0.15) is 18.5 Å². The summed E-state index contributed by atoms with van der Waals surface area (Å²) < 4.78 is 5.26. The lowest BCUT2D eigenvalue weighted by Crippen LogP contribution is -2.71. The molecule has 1 aromatic heterocycles. The standard InChI is InChI=1S/C18H20N6O7S2/c19-17-20-9(7-33-17)10(22-30)13(25)21-11-14(26)24-12(16(27)28)8(6-32-15(11)24)5-31-18(29)23-3-1-2-4-23/h7,11,15,30H,1-6H2,(H2,19,20)(H,21,25)(H,27,28)/b22-10+/t11?,15-/m1/s1. The van der Waals surface area contributed by atoms with Gasteiger partial charge in [-0.1, -0.05) is 5.16 Å². The summed E-state index contributed by atoms with van der Waals surface area (Å²) in [5, 5.41) is 25.2. The van der Waals surface area contributed by atoms with Crippen molar-refractivity contribution in [2.24, 2.45) is 5.16 Å². The van der Waals surface area contributed by atoms with Gasteiger partial charge in [0, 0.05) is 29.8 Å². The van der Waals surface area contributed by atoms with Gasteiger partial charge in [0.05, 0.1) is 0 Å². The molecule has 5 N–H and O–H groups in total. The zero-order valence-electron chi connectivity index (χ0n) is 17.1. The maximum atomic E-state index is 12.7. The van der Waals surface area contributed by atoms with Crippen molar-refractivity contribution in [1.29, 1.82) is 0 Å². The maximum absolute atomic E-state index is 12.7. The Balaban J connectivity index is 1.44. The summed E-state index contributed by atoms with van der Waals surface area (Å²) in [5.74, 6) is -2.63. The molecule has 1 unspecified atom stereocenters. The van der Waals surface area contributed by atoms with Gasteiger partial charge in [-0.05, 0) is 12.8 Å². The van der Waals surface area contributed by atoms with E-state index in [4.69, 9.17) is 10.5 Å². The van der Waals surface area contributed by atoms with Crippen LogP contribution in [0.4, 0.5) is 9.93 Å². The van der Waals surface area contributed by atoms with Crippen LogP contribution < -0.4 is 11.1 Å². The molecular formula is C18H20N6O7S2. The van der Waals surface area contributed by atoms with Crippen molar-refractivity contribution < 1.29 is 34.2 Å². The Morgan fingerprint density at radius 2 is 2.06 bits per heavy atom. The molecule has 1 aromatic rings. The molecule has 13 nitrogen and oxygen atoms in total. The number of anilines is 1. The number of hydrogen-bond donors (Lipinski definition) is 4. The van der Waals surface area contributed by atoms with Crippen molar-refractivity contribution >= 4 is 57.8 Å². The van der Waals surface area contributed by atoms with Crippen molar-refractivity contribution in [1.82, 2.24) is 20.1 Å². The first-order chi connectivity index (χ1) is 15.8. The van der Waals surface area contributed by atoms with Gasteiger partial charge in [-0.25, -0.2) is 14.6 Å². The summed E-state index contributed by atoms with van der Waals surface area (Å²) >= 11 is 2.27. The van der Waals surface area contributed by atoms with E-state index >= 15 is 0 Å². The second-order valence-corrected chi connectivity index (χ2v) is 9.38. The third kappa shape index (κ3) is 4.32. The number of β-lactam (4-membered cyclic amide) rings is 1. The van der Waals surface area contributed by atoms with E-state index in [2.05, 4.69) is 15.5 Å². The molecule has 0 bridgehead atoms. The van der Waals surface area contributed by atoms with Gasteiger partial charge < -0.3 is 31.0 Å². The Morgan fingerprint density at radius 3 is 2.67 bits per heavy atom. The molecular weight excluding hydrogens is 476 g/mol. The summed E-state index contributed by atoms with van der Waals surface area (Å²) in [6.07, 6.45) is 1.27. The molecule has 3 aliphatic rings. The molecule has 0 radical (unpaired) electrons. The molecule has 0 aromatic carbocycles. The minimum atomic E-state index is -1.33. The van der Waals surface area contributed by atoms with Crippen LogP contribution in [0.25, 0.3) is 0 Å². The van der Waals surface area contributed by atoms with Gasteiger partial charge in [0.2, 0.25) is 0 Å². The van der Waals surface area contributed by atoms with Gasteiger partial charge in [0.1, 0.15) is 29.4 Å². The average Bonchev–Trinajstić information content (AvgIpc) is 3.47. The number of nitrogen functional groups attached to an aromatic ring is 1. The number of carbonyl (C=O) groups excluding carboxylic acids is 3. The van der Waals surface area contributed by atoms with Gasteiger partial charge in [0.15, 0.2) is 10.8 Å². The molecule has 0 aliphatic carbocycles. The highest BCUT2D eigenvalue weighted by Crippen LogP contribution is 2.40. The largest absolute Gasteiger partial charge is 0.477 e. The predicted molar refractivity (Wildman–Crippen MR) is 117 cm³/mol. The quantitative estimate of drug-likeness (QED) is 0.179. The molecule has 2 saturated heterocycles. The van der Waals surface area contributed by atoms with Crippen molar-refractivity contribution in [3.63, 3.8) is 0 Å². The van der Waals surface area contributed by atoms with Crippen molar-refractivity contribution in [2.45, 2.75) is 24.3 Å². The molecule has 0 saturated carbocycles. The zero-order chi connectivity index (χ0) is 23.7. The van der Waals surface area contributed by atoms with Crippen molar-refractivity contribution in [3.05, 3.63) is 22.3 Å². The van der Waals surface area contributed by atoms with Crippen LogP contribution in [-0.2, 0) is 19.1 Å². The lowest BCUT2D eigenvalue weighted by molar-refractivity contribution is -0.150. The lowest BCUT2D eigenvalue weighted by Gasteiger charge is -2.49. The van der Waals surface area contributed by atoms with E-state index < -0.39 is 41.0 Å². The van der Waals surface area contributed by atoms with Crippen LogP contribution in [0.3, 0.4) is 0 Å². The molecule has 176 valence electrons. The molecule has 4 rings (SSSR count). The summed E-state index contributed by atoms with van der Waals surface area (Å²) in [6.45, 7) is 0.947. The summed E-state index contributed by atoms with van der Waals surface area (Å²) in [4.78, 5) is 55.8. The molecule has 15 heteroatoms. The van der Waals surface area contributed by atoms with E-state index in [9.17, 15) is 29.5 Å². The maximum Gasteiger partial charge on any atom is 0.410 e. The molecule has 3 aliphatic heterocycles. The minimum Gasteiger partial charge on any atom is -0.477 e. The second kappa shape index (κ2) is 9.27. The van der Waals surface area contributed by atoms with Crippen LogP contribution >= 0.6 is 23.1 Å². The number of thioether (sulfide) groups is 1. The van der Waals surface area contributed by atoms with E-state index in [-0.39, 0.29) is 28.9 Å². The number of rotatable bonds is 6. The number of carboxylic acid groups (broad SMARTS) is 1. The fourth-order valence-electron chi connectivity index (χ4n) is 3.75. The van der Waals surface area contributed by atoms with Crippen molar-refractivity contribution in [2.75, 3.05) is 31.2 Å². The SMILES string of the molecule is Nc1nc(/C(=N\O)C(=O)NC2C(=O)N3C(C(=O)O)=C(COC(=O)N4CCCC4)CS[C@H]23)cs1. The lowest BCUT2D eigenvalue weighted by atomic mass is 10.0. The Labute approximate surface area is 195 Å². The number of likely N-dealkylation sites (tertiary alicyclic amines) is 1. The number of hydrogen-bond acceptors (Lipinski definition) is 11. The second-order valence-electron chi connectivity index (χ2n) is 7.39. The number of carboxylic acids is 1. The van der Waals surface area contributed by atoms with Gasteiger partial charge in [0.25, 0.3) is 11.8 Å². The molecule has 0 spiro atoms. The molecule has 4 heterocycles. The molecule has 3 amide bonds. The first kappa shape index (κ1) is 22.8. The minimum absolute atomic E-state index is 0.0469. The summed E-state index contributed by atoms with van der Waals surface area (Å²) in [5.41, 5.74) is 5.20. The van der Waals surface area contributed by atoms with Crippen LogP contribution in [0.5, 0.6) is 0 Å². The van der Waals surface area contributed by atoms with E-state index in [1.165, 1.54) is 17.1 Å². The number of thiazole rings is 1. The normalized spacial score (nSPS) is 22.7. The number of fused-ring (bicyclic) bond motifs is 1. The highest BCUT2D eigenvalue weighted by Gasteiger charge is 2.54. The number of nitrogens with one attached hydrogen (secondary N) is 1. The number of aromatic nitrogens is 1. The predicted octanol–water partition coefficient (Wildman–Crippen LogP) is -0.125. The topological polar surface area (TPSA) is 188 Å². The van der Waals surface area contributed by atoms with Crippen molar-refractivity contribution in [3.8, 4) is 0 Å². The van der Waals surface area contributed by atoms with Crippen LogP contribution in [0.2, 0.25) is 0 Å². The third-order valence-corrected chi connectivity index (χ3v) is 7.36. The fraction of sp³-hybridized carbons (Fsp3) is 0.444. The number of carbonyl (C=O) groups is 4. The first-order valence-corrected chi connectivity index (χ1v) is 11.8. The smallest absolute Gasteiger partial charge is 0.410 e. The Morgan fingerprint density at radius 1 is 1.33 bits per heavy atom. The first-order valence-electron chi connectivity index (χ1n) is 9.87. The number of ether oxygens (including phenoxy) is 1. The number of nitrogens with two attached hydrogens (primary N) is 1. The Hall–Kier alpha value is -3.33. The monoisotopic (exact) mass is 496 g/mol. The van der Waals surface area contributed by atoms with E-state index in [0.717, 1.165) is 29.1 Å². The fourth-order valence-corrected chi connectivity index (χ4v) is 5.63. The number of amides is 3. The molecule has 2 fully saturated rings. The zero-order valence-corrected chi connectivity index (χ0v) is 18.7. The highest BCUT2D eigenvalue weighted by atomic mass is 32.2. The van der Waals surface area contributed by atoms with Crippen LogP contribution in [0.15, 0.2) is 21.8 Å². The number of nitrogens with zero attached hydrogens (tertiary/aromatic N) is 4. The van der Waals surface area contributed by atoms with Gasteiger partial charge >= 0.3 is 12.1 Å². The van der Waals surface area contributed by atoms with E-state index in [1.54, 1.807) is 4.90 Å². The average molecular weight is 497 g/mol.